The number of unbranched alkanes of at least 4 members (excludes halogenated alkanes) is 5. The Kier molecular flexibility index (Phi) is 8.44. The number of rotatable bonds is 10. The largest absolute Gasteiger partial charge is 0.346 e. The fraction of sp³-hybridized carbons (Fsp3) is 0.500. The van der Waals surface area contributed by atoms with Crippen LogP contribution in [0.1, 0.15) is 62.2 Å². The lowest BCUT2D eigenvalue weighted by molar-refractivity contribution is 0.0942. The zero-order valence-corrected chi connectivity index (χ0v) is 12.6. The van der Waals surface area contributed by atoms with Gasteiger partial charge in [-0.1, -0.05) is 69.7 Å². The molecule has 110 valence electrons. The van der Waals surface area contributed by atoms with E-state index in [0.29, 0.717) is 5.56 Å². The lowest BCUT2D eigenvalue weighted by Gasteiger charge is -2.14. The van der Waals surface area contributed by atoms with Crippen LogP contribution < -0.4 is 5.32 Å². The maximum absolute atomic E-state index is 12.0. The monoisotopic (exact) mass is 273 g/mol. The third kappa shape index (κ3) is 6.55. The van der Waals surface area contributed by atoms with Crippen molar-refractivity contribution in [3.63, 3.8) is 0 Å². The maximum atomic E-state index is 12.0. The third-order valence-electron chi connectivity index (χ3n) is 3.51. The summed E-state index contributed by atoms with van der Waals surface area (Å²) in [5.41, 5.74) is 0.710. The van der Waals surface area contributed by atoms with Crippen molar-refractivity contribution in [2.45, 2.75) is 57.9 Å². The molecule has 1 aromatic carbocycles. The van der Waals surface area contributed by atoms with Crippen molar-refractivity contribution in [1.82, 2.24) is 5.32 Å². The predicted molar refractivity (Wildman–Crippen MR) is 85.9 cm³/mol. The minimum Gasteiger partial charge on any atom is -0.346 e. The first-order valence-corrected chi connectivity index (χ1v) is 7.76. The fourth-order valence-corrected chi connectivity index (χ4v) is 2.23. The molecule has 0 saturated heterocycles. The molecule has 0 aliphatic rings. The van der Waals surface area contributed by atoms with Gasteiger partial charge >= 0.3 is 0 Å². The maximum Gasteiger partial charge on any atom is 0.251 e. The molecule has 1 atom stereocenters. The molecule has 0 aliphatic carbocycles. The van der Waals surface area contributed by atoms with E-state index in [9.17, 15) is 4.79 Å². The summed E-state index contributed by atoms with van der Waals surface area (Å²) < 4.78 is 0. The molecule has 1 amide bonds. The van der Waals surface area contributed by atoms with Gasteiger partial charge in [0, 0.05) is 11.6 Å². The summed E-state index contributed by atoms with van der Waals surface area (Å²) in [6, 6.07) is 9.42. The molecule has 1 aromatic rings. The topological polar surface area (TPSA) is 29.1 Å². The molecule has 0 fully saturated rings. The van der Waals surface area contributed by atoms with E-state index in [-0.39, 0.29) is 11.9 Å². The SMILES string of the molecule is C=C[C@H](CCCCCCCC)NC(=O)c1ccccc1. The highest BCUT2D eigenvalue weighted by Gasteiger charge is 2.10. The Morgan fingerprint density at radius 1 is 1.15 bits per heavy atom. The minimum atomic E-state index is -0.0125. The van der Waals surface area contributed by atoms with Crippen LogP contribution in [0.2, 0.25) is 0 Å². The van der Waals surface area contributed by atoms with Gasteiger partial charge in [0.05, 0.1) is 0 Å². The lowest BCUT2D eigenvalue weighted by atomic mass is 10.1. The molecule has 0 bridgehead atoms. The average molecular weight is 273 g/mol. The van der Waals surface area contributed by atoms with Gasteiger partial charge in [0.1, 0.15) is 0 Å². The van der Waals surface area contributed by atoms with Crippen LogP contribution in [0.5, 0.6) is 0 Å². The number of hydrogen-bond acceptors (Lipinski definition) is 1. The number of carbonyl (C=O) groups is 1. The Bertz CT molecular complexity index is 386. The van der Waals surface area contributed by atoms with Gasteiger partial charge < -0.3 is 5.32 Å². The predicted octanol–water partition coefficient (Wildman–Crippen LogP) is 4.72. The minimum absolute atomic E-state index is 0.0125. The molecule has 0 aromatic heterocycles. The van der Waals surface area contributed by atoms with E-state index in [1.54, 1.807) is 0 Å². The van der Waals surface area contributed by atoms with E-state index >= 15 is 0 Å². The van der Waals surface area contributed by atoms with E-state index in [0.717, 1.165) is 12.8 Å². The summed E-state index contributed by atoms with van der Waals surface area (Å²) in [6.07, 6.45) is 10.4. The summed E-state index contributed by atoms with van der Waals surface area (Å²) >= 11 is 0. The van der Waals surface area contributed by atoms with Gasteiger partial charge in [-0.15, -0.1) is 6.58 Å². The van der Waals surface area contributed by atoms with Gasteiger partial charge in [0.25, 0.3) is 5.91 Å². The first-order chi connectivity index (χ1) is 9.77. The van der Waals surface area contributed by atoms with Crippen LogP contribution in [-0.4, -0.2) is 11.9 Å². The highest BCUT2D eigenvalue weighted by Crippen LogP contribution is 2.09. The molecule has 0 spiro atoms. The van der Waals surface area contributed by atoms with Crippen molar-refractivity contribution in [3.8, 4) is 0 Å². The second kappa shape index (κ2) is 10.2. The smallest absolute Gasteiger partial charge is 0.251 e. The van der Waals surface area contributed by atoms with Crippen LogP contribution in [0.15, 0.2) is 43.0 Å². The number of nitrogens with one attached hydrogen (secondary N) is 1. The van der Waals surface area contributed by atoms with E-state index < -0.39 is 0 Å². The van der Waals surface area contributed by atoms with Crippen LogP contribution >= 0.6 is 0 Å². The first-order valence-electron chi connectivity index (χ1n) is 7.76. The fourth-order valence-electron chi connectivity index (χ4n) is 2.23. The molecule has 0 saturated carbocycles. The molecule has 0 heterocycles. The van der Waals surface area contributed by atoms with Crippen LogP contribution in [0.25, 0.3) is 0 Å². The van der Waals surface area contributed by atoms with Crippen molar-refractivity contribution in [1.29, 1.82) is 0 Å². The quantitative estimate of drug-likeness (QED) is 0.485. The normalized spacial score (nSPS) is 11.8. The Morgan fingerprint density at radius 2 is 1.80 bits per heavy atom. The van der Waals surface area contributed by atoms with Gasteiger partial charge in [-0.25, -0.2) is 0 Å². The summed E-state index contributed by atoms with van der Waals surface area (Å²) in [6.45, 7) is 6.05. The van der Waals surface area contributed by atoms with Crippen molar-refractivity contribution in [3.05, 3.63) is 48.6 Å². The molecule has 2 heteroatoms. The molecule has 1 N–H and O–H groups in total. The van der Waals surface area contributed by atoms with Crippen molar-refractivity contribution < 1.29 is 4.79 Å². The standard InChI is InChI=1S/C18H27NO/c1-3-5-6-7-8-12-15-17(4-2)19-18(20)16-13-10-9-11-14-16/h4,9-11,13-14,17H,2-3,5-8,12,15H2,1H3,(H,19,20)/t17-/m1/s1. The molecular weight excluding hydrogens is 246 g/mol. The number of hydrogen-bond donors (Lipinski definition) is 1. The van der Waals surface area contributed by atoms with E-state index in [2.05, 4.69) is 18.8 Å². The van der Waals surface area contributed by atoms with Crippen LogP contribution in [0, 0.1) is 0 Å². The van der Waals surface area contributed by atoms with Crippen LogP contribution in [-0.2, 0) is 0 Å². The zero-order chi connectivity index (χ0) is 14.6. The zero-order valence-electron chi connectivity index (χ0n) is 12.6. The average Bonchev–Trinajstić information content (AvgIpc) is 2.50. The van der Waals surface area contributed by atoms with E-state index in [4.69, 9.17) is 0 Å². The van der Waals surface area contributed by atoms with E-state index in [1.165, 1.54) is 32.1 Å². The van der Waals surface area contributed by atoms with E-state index in [1.807, 2.05) is 36.4 Å². The first kappa shape index (κ1) is 16.5. The van der Waals surface area contributed by atoms with Gasteiger partial charge in [-0.3, -0.25) is 4.79 Å². The molecule has 0 unspecified atom stereocenters. The molecule has 20 heavy (non-hydrogen) atoms. The summed E-state index contributed by atoms with van der Waals surface area (Å²) in [7, 11) is 0. The molecule has 0 aliphatic heterocycles. The Balaban J connectivity index is 2.25. The van der Waals surface area contributed by atoms with Gasteiger partial charge in [0.2, 0.25) is 0 Å². The lowest BCUT2D eigenvalue weighted by Crippen LogP contribution is -2.33. The molecule has 1 rings (SSSR count). The summed E-state index contributed by atoms with van der Waals surface area (Å²) in [4.78, 5) is 12.0. The second-order valence-corrected chi connectivity index (χ2v) is 5.24. The second-order valence-electron chi connectivity index (χ2n) is 5.24. The van der Waals surface area contributed by atoms with Crippen molar-refractivity contribution in [2.24, 2.45) is 0 Å². The van der Waals surface area contributed by atoms with Crippen molar-refractivity contribution in [2.75, 3.05) is 0 Å². The molecule has 2 nitrogen and oxygen atoms in total. The highest BCUT2D eigenvalue weighted by atomic mass is 16.1. The number of amides is 1. The van der Waals surface area contributed by atoms with Gasteiger partial charge in [-0.05, 0) is 18.6 Å². The molecule has 0 radical (unpaired) electrons. The number of carbonyl (C=O) groups excluding carboxylic acids is 1. The summed E-state index contributed by atoms with van der Waals surface area (Å²) in [5.74, 6) is -0.0125. The van der Waals surface area contributed by atoms with Gasteiger partial charge in [0.15, 0.2) is 0 Å². The summed E-state index contributed by atoms with van der Waals surface area (Å²) in [5, 5.41) is 3.03. The highest BCUT2D eigenvalue weighted by molar-refractivity contribution is 5.94. The van der Waals surface area contributed by atoms with Crippen LogP contribution in [0.4, 0.5) is 0 Å². The molecular formula is C18H27NO. The van der Waals surface area contributed by atoms with Crippen molar-refractivity contribution >= 4 is 5.91 Å². The Labute approximate surface area is 123 Å². The third-order valence-corrected chi connectivity index (χ3v) is 3.51. The Morgan fingerprint density at radius 3 is 2.45 bits per heavy atom. The Hall–Kier alpha value is -1.57. The van der Waals surface area contributed by atoms with Crippen LogP contribution in [0.3, 0.4) is 0 Å². The van der Waals surface area contributed by atoms with Gasteiger partial charge in [-0.2, -0.15) is 0 Å². The number of benzene rings is 1.